The van der Waals surface area contributed by atoms with E-state index in [2.05, 4.69) is 0 Å². The van der Waals surface area contributed by atoms with Gasteiger partial charge in [-0.15, -0.1) is 0 Å². The topological polar surface area (TPSA) is 80.5 Å². The molecule has 0 amide bonds. The summed E-state index contributed by atoms with van der Waals surface area (Å²) in [5.41, 5.74) is -0.472. The van der Waals surface area contributed by atoms with E-state index < -0.39 is 25.7 Å². The highest BCUT2D eigenvalue weighted by Crippen LogP contribution is 2.38. The van der Waals surface area contributed by atoms with Gasteiger partial charge in [-0.3, -0.25) is 10.1 Å². The van der Waals surface area contributed by atoms with Crippen molar-refractivity contribution < 1.29 is 13.3 Å². The predicted molar refractivity (Wildman–Crippen MR) is 66.5 cm³/mol. The fourth-order valence-corrected chi connectivity index (χ4v) is 4.22. The zero-order valence-electron chi connectivity index (χ0n) is 8.97. The first-order valence-corrected chi connectivity index (χ1v) is 7.18. The van der Waals surface area contributed by atoms with E-state index >= 15 is 0 Å². The summed E-state index contributed by atoms with van der Waals surface area (Å²) in [7, 11) is -3.85. The van der Waals surface area contributed by atoms with Crippen LogP contribution in [0.25, 0.3) is 0 Å². The molecule has 1 aromatic carbocycles. The van der Waals surface area contributed by atoms with Gasteiger partial charge in [0.15, 0.2) is 0 Å². The summed E-state index contributed by atoms with van der Waals surface area (Å²) >= 11 is 11.6. The molecule has 0 bridgehead atoms. The van der Waals surface area contributed by atoms with Gasteiger partial charge in [0, 0.05) is 19.2 Å². The van der Waals surface area contributed by atoms with Crippen LogP contribution >= 0.6 is 23.2 Å². The molecule has 1 heterocycles. The molecule has 9 heteroatoms. The third-order valence-electron chi connectivity index (χ3n) is 2.64. The number of nitro groups is 1. The van der Waals surface area contributed by atoms with Crippen LogP contribution < -0.4 is 0 Å². The van der Waals surface area contributed by atoms with Crippen molar-refractivity contribution in [2.75, 3.05) is 13.1 Å². The Morgan fingerprint density at radius 3 is 2.33 bits per heavy atom. The smallest absolute Gasteiger partial charge is 0.258 e. The van der Waals surface area contributed by atoms with Gasteiger partial charge in [0.25, 0.3) is 5.69 Å². The van der Waals surface area contributed by atoms with Crippen LogP contribution in [0.2, 0.25) is 10.0 Å². The third kappa shape index (κ3) is 2.07. The van der Waals surface area contributed by atoms with Crippen LogP contribution in [0.3, 0.4) is 0 Å². The molecular weight excluding hydrogens is 303 g/mol. The fraction of sp³-hybridized carbons (Fsp3) is 0.333. The van der Waals surface area contributed by atoms with Crippen molar-refractivity contribution in [3.63, 3.8) is 0 Å². The van der Waals surface area contributed by atoms with E-state index in [9.17, 15) is 18.5 Å². The van der Waals surface area contributed by atoms with Crippen LogP contribution in [0.15, 0.2) is 17.0 Å². The lowest BCUT2D eigenvalue weighted by Crippen LogP contribution is -2.42. The van der Waals surface area contributed by atoms with E-state index in [1.807, 2.05) is 0 Å². The van der Waals surface area contributed by atoms with E-state index in [1.165, 1.54) is 4.31 Å². The maximum atomic E-state index is 12.2. The first-order valence-electron chi connectivity index (χ1n) is 4.98. The molecular formula is C9H8Cl2N2O4S. The maximum Gasteiger partial charge on any atom is 0.289 e. The molecule has 0 aliphatic carbocycles. The molecule has 1 aromatic rings. The molecule has 1 fully saturated rings. The van der Waals surface area contributed by atoms with Crippen LogP contribution in [0.5, 0.6) is 0 Å². The van der Waals surface area contributed by atoms with Gasteiger partial charge in [0.1, 0.15) is 9.92 Å². The van der Waals surface area contributed by atoms with Gasteiger partial charge in [0.2, 0.25) is 10.0 Å². The fourth-order valence-electron chi connectivity index (χ4n) is 1.56. The number of halogens is 2. The van der Waals surface area contributed by atoms with Crippen LogP contribution in [0.4, 0.5) is 5.69 Å². The van der Waals surface area contributed by atoms with Crippen molar-refractivity contribution in [1.82, 2.24) is 4.31 Å². The van der Waals surface area contributed by atoms with Crippen molar-refractivity contribution in [3.8, 4) is 0 Å². The first kappa shape index (κ1) is 13.5. The minimum absolute atomic E-state index is 0.113. The molecule has 0 saturated carbocycles. The second-order valence-electron chi connectivity index (χ2n) is 3.72. The van der Waals surface area contributed by atoms with Crippen molar-refractivity contribution >= 4 is 38.9 Å². The van der Waals surface area contributed by atoms with Crippen LogP contribution in [0, 0.1) is 10.1 Å². The van der Waals surface area contributed by atoms with Gasteiger partial charge in [0.05, 0.1) is 9.95 Å². The zero-order valence-corrected chi connectivity index (χ0v) is 11.3. The molecule has 0 spiro atoms. The maximum absolute atomic E-state index is 12.2. The second-order valence-corrected chi connectivity index (χ2v) is 6.38. The Hall–Kier alpha value is -0.890. The Kier molecular flexibility index (Phi) is 3.50. The molecule has 1 aliphatic rings. The Bertz CT molecular complexity index is 613. The summed E-state index contributed by atoms with van der Waals surface area (Å²) in [6.45, 7) is 0.745. The Labute approximate surface area is 113 Å². The van der Waals surface area contributed by atoms with E-state index in [4.69, 9.17) is 23.2 Å². The average Bonchev–Trinajstić information content (AvgIpc) is 2.12. The molecule has 1 saturated heterocycles. The van der Waals surface area contributed by atoms with Gasteiger partial charge in [-0.1, -0.05) is 23.2 Å². The minimum Gasteiger partial charge on any atom is -0.258 e. The molecule has 0 unspecified atom stereocenters. The summed E-state index contributed by atoms with van der Waals surface area (Å²) in [5.74, 6) is 0. The molecule has 0 atom stereocenters. The molecule has 0 aromatic heterocycles. The highest BCUT2D eigenvalue weighted by atomic mass is 35.5. The van der Waals surface area contributed by atoms with E-state index in [0.717, 1.165) is 18.6 Å². The highest BCUT2D eigenvalue weighted by molar-refractivity contribution is 7.89. The second kappa shape index (κ2) is 4.65. The summed E-state index contributed by atoms with van der Waals surface area (Å²) < 4.78 is 25.5. The minimum atomic E-state index is -3.85. The van der Waals surface area contributed by atoms with Crippen molar-refractivity contribution in [2.45, 2.75) is 11.3 Å². The van der Waals surface area contributed by atoms with E-state index in [0.29, 0.717) is 13.1 Å². The molecule has 98 valence electrons. The monoisotopic (exact) mass is 310 g/mol. The van der Waals surface area contributed by atoms with E-state index in [1.54, 1.807) is 0 Å². The van der Waals surface area contributed by atoms with Gasteiger partial charge in [-0.05, 0) is 12.5 Å². The molecule has 1 aliphatic heterocycles. The van der Waals surface area contributed by atoms with Crippen molar-refractivity contribution in [3.05, 3.63) is 32.3 Å². The third-order valence-corrected chi connectivity index (χ3v) is 5.54. The highest BCUT2D eigenvalue weighted by Gasteiger charge is 2.35. The summed E-state index contributed by atoms with van der Waals surface area (Å²) in [6, 6.07) is 2.25. The van der Waals surface area contributed by atoms with Gasteiger partial charge < -0.3 is 0 Å². The van der Waals surface area contributed by atoms with Crippen LogP contribution in [0.1, 0.15) is 6.42 Å². The normalized spacial score (nSPS) is 16.3. The number of hydrogen-bond acceptors (Lipinski definition) is 4. The summed E-state index contributed by atoms with van der Waals surface area (Å²) in [6.07, 6.45) is 0.753. The SMILES string of the molecule is O=[N+]([O-])c1ccc(Cl)c(S(=O)(=O)N2CCC2)c1Cl. The Morgan fingerprint density at radius 1 is 1.28 bits per heavy atom. The molecule has 0 N–H and O–H groups in total. The van der Waals surface area contributed by atoms with Gasteiger partial charge in [-0.2, -0.15) is 4.31 Å². The van der Waals surface area contributed by atoms with Gasteiger partial charge >= 0.3 is 0 Å². The van der Waals surface area contributed by atoms with Crippen LogP contribution in [-0.4, -0.2) is 30.7 Å². The number of hydrogen-bond donors (Lipinski definition) is 0. The lowest BCUT2D eigenvalue weighted by molar-refractivity contribution is -0.384. The average molecular weight is 311 g/mol. The van der Waals surface area contributed by atoms with E-state index in [-0.39, 0.29) is 9.92 Å². The van der Waals surface area contributed by atoms with Crippen LogP contribution in [-0.2, 0) is 10.0 Å². The number of nitrogens with zero attached hydrogens (tertiary/aromatic N) is 2. The largest absolute Gasteiger partial charge is 0.289 e. The molecule has 2 rings (SSSR count). The molecule has 6 nitrogen and oxygen atoms in total. The summed E-state index contributed by atoms with van der Waals surface area (Å²) in [5, 5.41) is 10.2. The lowest BCUT2D eigenvalue weighted by atomic mass is 10.3. The number of benzene rings is 1. The predicted octanol–water partition coefficient (Wildman–Crippen LogP) is 2.30. The first-order chi connectivity index (χ1) is 8.35. The number of sulfonamides is 1. The lowest BCUT2D eigenvalue weighted by Gasteiger charge is -2.30. The quantitative estimate of drug-likeness (QED) is 0.633. The Balaban J connectivity index is 2.63. The standard InChI is InChI=1S/C9H8Cl2N2O4S/c10-6-2-3-7(13(14)15)8(11)9(6)18(16,17)12-4-1-5-12/h2-3H,1,4-5H2. The molecule has 18 heavy (non-hydrogen) atoms. The molecule has 0 radical (unpaired) electrons. The summed E-state index contributed by atoms with van der Waals surface area (Å²) in [4.78, 5) is 9.60. The van der Waals surface area contributed by atoms with Gasteiger partial charge in [-0.25, -0.2) is 8.42 Å². The number of nitro benzene ring substituents is 1. The zero-order chi connectivity index (χ0) is 13.5. The Morgan fingerprint density at radius 2 is 1.89 bits per heavy atom. The van der Waals surface area contributed by atoms with Crippen molar-refractivity contribution in [2.24, 2.45) is 0 Å². The van der Waals surface area contributed by atoms with Crippen molar-refractivity contribution in [1.29, 1.82) is 0 Å². The number of rotatable bonds is 3.